The van der Waals surface area contributed by atoms with Gasteiger partial charge < -0.3 is 10.1 Å². The average molecular weight is 311 g/mol. The number of para-hydroxylation sites is 1. The molecular formula is C20H25NO2. The number of nitrogens with one attached hydrogen (secondary N) is 1. The first-order valence-electron chi connectivity index (χ1n) is 8.10. The van der Waals surface area contributed by atoms with Crippen molar-refractivity contribution in [1.82, 2.24) is 5.32 Å². The molecule has 0 spiro atoms. The number of carbonyl (C=O) groups excluding carboxylic acids is 1. The van der Waals surface area contributed by atoms with E-state index in [1.165, 1.54) is 5.56 Å². The van der Waals surface area contributed by atoms with Crippen LogP contribution in [0.5, 0.6) is 5.75 Å². The molecule has 0 aliphatic rings. The fraction of sp³-hybridized carbons (Fsp3) is 0.350. The molecule has 0 aliphatic carbocycles. The fourth-order valence-corrected chi connectivity index (χ4v) is 2.44. The van der Waals surface area contributed by atoms with Crippen molar-refractivity contribution in [1.29, 1.82) is 0 Å². The highest BCUT2D eigenvalue weighted by molar-refractivity contribution is 5.81. The Labute approximate surface area is 138 Å². The van der Waals surface area contributed by atoms with Crippen molar-refractivity contribution in [2.24, 2.45) is 0 Å². The Morgan fingerprint density at radius 2 is 1.74 bits per heavy atom. The first-order valence-corrected chi connectivity index (χ1v) is 8.10. The summed E-state index contributed by atoms with van der Waals surface area (Å²) in [6.07, 6.45) is 0.307. The van der Waals surface area contributed by atoms with Crippen molar-refractivity contribution in [3.05, 3.63) is 65.2 Å². The van der Waals surface area contributed by atoms with Gasteiger partial charge in [-0.15, -0.1) is 0 Å². The molecule has 2 aromatic rings. The molecule has 0 bridgehead atoms. The second-order valence-corrected chi connectivity index (χ2v) is 5.91. The number of benzene rings is 2. The predicted molar refractivity (Wildman–Crippen MR) is 93.6 cm³/mol. The van der Waals surface area contributed by atoms with Crippen molar-refractivity contribution in [2.45, 2.75) is 46.3 Å². The van der Waals surface area contributed by atoms with Gasteiger partial charge in [-0.3, -0.25) is 4.79 Å². The first kappa shape index (κ1) is 17.1. The summed E-state index contributed by atoms with van der Waals surface area (Å²) in [7, 11) is 0. The molecule has 0 saturated heterocycles. The lowest BCUT2D eigenvalue weighted by Gasteiger charge is -2.21. The van der Waals surface area contributed by atoms with E-state index < -0.39 is 6.10 Å². The Kier molecular flexibility index (Phi) is 5.80. The number of ether oxygens (including phenoxy) is 1. The van der Waals surface area contributed by atoms with Crippen LogP contribution in [0.4, 0.5) is 0 Å². The molecule has 1 N–H and O–H groups in total. The topological polar surface area (TPSA) is 38.3 Å². The van der Waals surface area contributed by atoms with Crippen LogP contribution >= 0.6 is 0 Å². The van der Waals surface area contributed by atoms with E-state index in [1.54, 1.807) is 6.92 Å². The maximum Gasteiger partial charge on any atom is 0.261 e. The minimum Gasteiger partial charge on any atom is -0.481 e. The van der Waals surface area contributed by atoms with Gasteiger partial charge in [0.05, 0.1) is 6.04 Å². The molecule has 2 atom stereocenters. The van der Waals surface area contributed by atoms with Gasteiger partial charge >= 0.3 is 0 Å². The normalized spacial score (nSPS) is 13.2. The van der Waals surface area contributed by atoms with Gasteiger partial charge in [0.1, 0.15) is 5.75 Å². The number of carbonyl (C=O) groups is 1. The smallest absolute Gasteiger partial charge is 0.261 e. The van der Waals surface area contributed by atoms with E-state index in [2.05, 4.69) is 43.4 Å². The van der Waals surface area contributed by atoms with Crippen LogP contribution in [0.2, 0.25) is 0 Å². The number of hydrogen-bond acceptors (Lipinski definition) is 2. The summed E-state index contributed by atoms with van der Waals surface area (Å²) in [6.45, 7) is 7.88. The quantitative estimate of drug-likeness (QED) is 0.862. The maximum atomic E-state index is 12.4. The van der Waals surface area contributed by atoms with Gasteiger partial charge in [-0.1, -0.05) is 55.0 Å². The third-order valence-corrected chi connectivity index (χ3v) is 3.97. The van der Waals surface area contributed by atoms with Gasteiger partial charge in [-0.2, -0.15) is 0 Å². The van der Waals surface area contributed by atoms with Gasteiger partial charge in [-0.25, -0.2) is 0 Å². The molecule has 0 saturated carbocycles. The molecule has 122 valence electrons. The van der Waals surface area contributed by atoms with E-state index >= 15 is 0 Å². The highest BCUT2D eigenvalue weighted by Gasteiger charge is 2.19. The minimum atomic E-state index is -0.532. The molecule has 23 heavy (non-hydrogen) atoms. The summed E-state index contributed by atoms with van der Waals surface area (Å²) >= 11 is 0. The summed E-state index contributed by atoms with van der Waals surface area (Å²) in [4.78, 5) is 12.4. The predicted octanol–water partition coefficient (Wildman–Crippen LogP) is 4.34. The zero-order valence-corrected chi connectivity index (χ0v) is 14.3. The number of aryl methyl sites for hydroxylation is 2. The molecule has 0 fully saturated rings. The highest BCUT2D eigenvalue weighted by Crippen LogP contribution is 2.20. The van der Waals surface area contributed by atoms with E-state index in [9.17, 15) is 4.79 Å². The fourth-order valence-electron chi connectivity index (χ4n) is 2.44. The molecule has 2 rings (SSSR count). The molecule has 3 nitrogen and oxygen atoms in total. The molecule has 3 heteroatoms. The summed E-state index contributed by atoms with van der Waals surface area (Å²) in [5.41, 5.74) is 3.36. The number of amides is 1. The van der Waals surface area contributed by atoms with Crippen LogP contribution < -0.4 is 10.1 Å². The third-order valence-electron chi connectivity index (χ3n) is 3.97. The molecule has 1 amide bonds. The van der Waals surface area contributed by atoms with Gasteiger partial charge in [0, 0.05) is 0 Å². The molecular weight excluding hydrogens is 286 g/mol. The standard InChI is InChI=1S/C20H25NO2/c1-5-18(17-12-10-14(2)11-13-17)21-20(22)16(4)23-19-9-7-6-8-15(19)3/h6-13,16,18H,5H2,1-4H3,(H,21,22). The molecule has 2 unspecified atom stereocenters. The van der Waals surface area contributed by atoms with E-state index in [0.29, 0.717) is 0 Å². The first-order chi connectivity index (χ1) is 11.0. The Morgan fingerprint density at radius 1 is 1.09 bits per heavy atom. The van der Waals surface area contributed by atoms with Crippen LogP contribution in [0, 0.1) is 13.8 Å². The monoisotopic (exact) mass is 311 g/mol. The van der Waals surface area contributed by atoms with Crippen molar-refractivity contribution < 1.29 is 9.53 Å². The van der Waals surface area contributed by atoms with Gasteiger partial charge in [0.15, 0.2) is 6.10 Å². The molecule has 0 radical (unpaired) electrons. The highest BCUT2D eigenvalue weighted by atomic mass is 16.5. The Morgan fingerprint density at radius 3 is 2.35 bits per heavy atom. The molecule has 0 aromatic heterocycles. The van der Waals surface area contributed by atoms with Crippen LogP contribution in [-0.2, 0) is 4.79 Å². The van der Waals surface area contributed by atoms with Gasteiger partial charge in [0.25, 0.3) is 5.91 Å². The number of rotatable bonds is 6. The van der Waals surface area contributed by atoms with E-state index in [4.69, 9.17) is 4.74 Å². The van der Waals surface area contributed by atoms with Crippen LogP contribution in [0.3, 0.4) is 0 Å². The minimum absolute atomic E-state index is 0.00557. The van der Waals surface area contributed by atoms with Crippen LogP contribution in [0.25, 0.3) is 0 Å². The maximum absolute atomic E-state index is 12.4. The van der Waals surface area contributed by atoms with Gasteiger partial charge in [-0.05, 0) is 44.4 Å². The Hall–Kier alpha value is -2.29. The third kappa shape index (κ3) is 4.59. The SMILES string of the molecule is CCC(NC(=O)C(C)Oc1ccccc1C)c1ccc(C)cc1. The van der Waals surface area contributed by atoms with Crippen LogP contribution in [-0.4, -0.2) is 12.0 Å². The molecule has 0 aliphatic heterocycles. The average Bonchev–Trinajstić information content (AvgIpc) is 2.55. The van der Waals surface area contributed by atoms with Crippen molar-refractivity contribution in [2.75, 3.05) is 0 Å². The van der Waals surface area contributed by atoms with Crippen LogP contribution in [0.15, 0.2) is 48.5 Å². The second kappa shape index (κ2) is 7.82. The lowest BCUT2D eigenvalue weighted by atomic mass is 10.0. The molecule has 2 aromatic carbocycles. The Bertz CT molecular complexity index is 649. The van der Waals surface area contributed by atoms with E-state index in [0.717, 1.165) is 23.3 Å². The van der Waals surface area contributed by atoms with Crippen molar-refractivity contribution >= 4 is 5.91 Å². The lowest BCUT2D eigenvalue weighted by molar-refractivity contribution is -0.128. The molecule has 0 heterocycles. The van der Waals surface area contributed by atoms with Crippen molar-refractivity contribution in [3.63, 3.8) is 0 Å². The van der Waals surface area contributed by atoms with Gasteiger partial charge in [0.2, 0.25) is 0 Å². The Balaban J connectivity index is 2.01. The number of hydrogen-bond donors (Lipinski definition) is 1. The zero-order valence-electron chi connectivity index (χ0n) is 14.3. The largest absolute Gasteiger partial charge is 0.481 e. The second-order valence-electron chi connectivity index (χ2n) is 5.91. The van der Waals surface area contributed by atoms with Crippen molar-refractivity contribution in [3.8, 4) is 5.75 Å². The summed E-state index contributed by atoms with van der Waals surface area (Å²) < 4.78 is 5.80. The lowest BCUT2D eigenvalue weighted by Crippen LogP contribution is -2.38. The van der Waals surface area contributed by atoms with Crippen LogP contribution in [0.1, 0.15) is 43.0 Å². The summed E-state index contributed by atoms with van der Waals surface area (Å²) in [5, 5.41) is 3.08. The summed E-state index contributed by atoms with van der Waals surface area (Å²) in [6, 6.07) is 16.0. The summed E-state index contributed by atoms with van der Waals surface area (Å²) in [5.74, 6) is 0.652. The zero-order chi connectivity index (χ0) is 16.8. The van der Waals surface area contributed by atoms with E-state index in [-0.39, 0.29) is 11.9 Å². The van der Waals surface area contributed by atoms with E-state index in [1.807, 2.05) is 31.2 Å².